The van der Waals surface area contributed by atoms with Crippen LogP contribution >= 0.6 is 11.6 Å². The Bertz CT molecular complexity index is 462. The SMILES string of the molecule is COc1ccc(Cl)cc1NC(=O)NCC1CCCOC1. The quantitative estimate of drug-likeness (QED) is 0.898. The van der Waals surface area contributed by atoms with Crippen LogP contribution in [0, 0.1) is 5.92 Å². The van der Waals surface area contributed by atoms with E-state index in [1.54, 1.807) is 25.3 Å². The number of hydrogen-bond donors (Lipinski definition) is 2. The predicted molar refractivity (Wildman–Crippen MR) is 78.6 cm³/mol. The van der Waals surface area contributed by atoms with Crippen LogP contribution in [0.5, 0.6) is 5.75 Å². The van der Waals surface area contributed by atoms with Gasteiger partial charge in [0.25, 0.3) is 0 Å². The predicted octanol–water partition coefficient (Wildman–Crippen LogP) is 2.90. The molecule has 1 aliphatic rings. The second kappa shape index (κ2) is 7.36. The average Bonchev–Trinajstić information content (AvgIpc) is 2.46. The van der Waals surface area contributed by atoms with Gasteiger partial charge in [-0.05, 0) is 37.0 Å². The second-order valence-electron chi connectivity index (χ2n) is 4.76. The molecule has 0 aliphatic carbocycles. The molecule has 5 nitrogen and oxygen atoms in total. The van der Waals surface area contributed by atoms with Crippen molar-refractivity contribution in [2.45, 2.75) is 12.8 Å². The van der Waals surface area contributed by atoms with Crippen LogP contribution in [-0.4, -0.2) is 32.9 Å². The molecule has 1 fully saturated rings. The van der Waals surface area contributed by atoms with Gasteiger partial charge < -0.3 is 20.1 Å². The summed E-state index contributed by atoms with van der Waals surface area (Å²) in [5, 5.41) is 6.13. The number of amides is 2. The maximum absolute atomic E-state index is 11.9. The molecule has 1 aromatic rings. The Morgan fingerprint density at radius 1 is 1.55 bits per heavy atom. The third kappa shape index (κ3) is 4.28. The molecule has 0 saturated carbocycles. The van der Waals surface area contributed by atoms with Gasteiger partial charge in [-0.15, -0.1) is 0 Å². The van der Waals surface area contributed by atoms with E-state index in [0.29, 0.717) is 35.5 Å². The summed E-state index contributed by atoms with van der Waals surface area (Å²) in [7, 11) is 1.55. The minimum atomic E-state index is -0.267. The van der Waals surface area contributed by atoms with Crippen LogP contribution in [0.1, 0.15) is 12.8 Å². The van der Waals surface area contributed by atoms with Crippen molar-refractivity contribution in [2.75, 3.05) is 32.2 Å². The molecule has 1 aromatic carbocycles. The highest BCUT2D eigenvalue weighted by Gasteiger charge is 2.15. The number of carbonyl (C=O) groups is 1. The summed E-state index contributed by atoms with van der Waals surface area (Å²) in [6.45, 7) is 2.14. The summed E-state index contributed by atoms with van der Waals surface area (Å²) in [5.74, 6) is 0.960. The fraction of sp³-hybridized carbons (Fsp3) is 0.500. The van der Waals surface area contributed by atoms with Gasteiger partial charge in [-0.2, -0.15) is 0 Å². The smallest absolute Gasteiger partial charge is 0.319 e. The Labute approximate surface area is 123 Å². The van der Waals surface area contributed by atoms with Crippen LogP contribution in [-0.2, 0) is 4.74 Å². The average molecular weight is 299 g/mol. The van der Waals surface area contributed by atoms with Gasteiger partial charge in [0.2, 0.25) is 0 Å². The molecule has 0 aromatic heterocycles. The van der Waals surface area contributed by atoms with Crippen LogP contribution in [0.25, 0.3) is 0 Å². The van der Waals surface area contributed by atoms with Gasteiger partial charge in [0.1, 0.15) is 5.75 Å². The molecule has 2 rings (SSSR count). The molecule has 6 heteroatoms. The Kier molecular flexibility index (Phi) is 5.49. The van der Waals surface area contributed by atoms with E-state index in [0.717, 1.165) is 19.4 Å². The van der Waals surface area contributed by atoms with Crippen molar-refractivity contribution in [1.82, 2.24) is 5.32 Å². The van der Waals surface area contributed by atoms with Crippen LogP contribution in [0.4, 0.5) is 10.5 Å². The Hall–Kier alpha value is -1.46. The van der Waals surface area contributed by atoms with Crippen molar-refractivity contribution in [3.8, 4) is 5.75 Å². The van der Waals surface area contributed by atoms with Gasteiger partial charge >= 0.3 is 6.03 Å². The van der Waals surface area contributed by atoms with E-state index in [1.807, 2.05) is 0 Å². The number of ether oxygens (including phenoxy) is 2. The molecular formula is C14H19ClN2O3. The van der Waals surface area contributed by atoms with Gasteiger partial charge in [0.15, 0.2) is 0 Å². The minimum Gasteiger partial charge on any atom is -0.495 e. The highest BCUT2D eigenvalue weighted by atomic mass is 35.5. The van der Waals surface area contributed by atoms with Gasteiger partial charge in [-0.3, -0.25) is 0 Å². The molecule has 1 unspecified atom stereocenters. The van der Waals surface area contributed by atoms with E-state index in [4.69, 9.17) is 21.1 Å². The fourth-order valence-corrected chi connectivity index (χ4v) is 2.32. The van der Waals surface area contributed by atoms with Crippen molar-refractivity contribution in [2.24, 2.45) is 5.92 Å². The molecule has 1 atom stereocenters. The first kappa shape index (κ1) is 14.9. The molecule has 2 amide bonds. The number of halogens is 1. The zero-order valence-corrected chi connectivity index (χ0v) is 12.2. The van der Waals surface area contributed by atoms with Crippen LogP contribution in [0.2, 0.25) is 5.02 Å². The first-order chi connectivity index (χ1) is 9.69. The van der Waals surface area contributed by atoms with Crippen molar-refractivity contribution in [1.29, 1.82) is 0 Å². The van der Waals surface area contributed by atoms with Gasteiger partial charge in [-0.1, -0.05) is 11.6 Å². The zero-order valence-electron chi connectivity index (χ0n) is 11.4. The summed E-state index contributed by atoms with van der Waals surface area (Å²) < 4.78 is 10.6. The molecular weight excluding hydrogens is 280 g/mol. The normalized spacial score (nSPS) is 18.4. The van der Waals surface area contributed by atoms with Crippen LogP contribution in [0.15, 0.2) is 18.2 Å². The van der Waals surface area contributed by atoms with Crippen molar-refractivity contribution in [3.05, 3.63) is 23.2 Å². The highest BCUT2D eigenvalue weighted by molar-refractivity contribution is 6.31. The molecule has 1 saturated heterocycles. The van der Waals surface area contributed by atoms with E-state index < -0.39 is 0 Å². The van der Waals surface area contributed by atoms with Crippen molar-refractivity contribution in [3.63, 3.8) is 0 Å². The monoisotopic (exact) mass is 298 g/mol. The Balaban J connectivity index is 1.86. The second-order valence-corrected chi connectivity index (χ2v) is 5.20. The number of anilines is 1. The summed E-state index contributed by atoms with van der Waals surface area (Å²) in [4.78, 5) is 11.9. The number of hydrogen-bond acceptors (Lipinski definition) is 3. The van der Waals surface area contributed by atoms with Crippen molar-refractivity contribution < 1.29 is 14.3 Å². The van der Waals surface area contributed by atoms with Crippen LogP contribution in [0.3, 0.4) is 0 Å². The summed E-state index contributed by atoms with van der Waals surface area (Å²) in [6.07, 6.45) is 2.14. The zero-order chi connectivity index (χ0) is 14.4. The number of nitrogens with one attached hydrogen (secondary N) is 2. The summed E-state index contributed by atoms with van der Waals surface area (Å²) >= 11 is 5.91. The number of rotatable bonds is 4. The third-order valence-electron chi connectivity index (χ3n) is 3.22. The van der Waals surface area contributed by atoms with E-state index in [1.165, 1.54) is 0 Å². The van der Waals surface area contributed by atoms with Crippen LogP contribution < -0.4 is 15.4 Å². The minimum absolute atomic E-state index is 0.267. The van der Waals surface area contributed by atoms with E-state index in [2.05, 4.69) is 10.6 Å². The maximum Gasteiger partial charge on any atom is 0.319 e. The lowest BCUT2D eigenvalue weighted by Gasteiger charge is -2.22. The first-order valence-corrected chi connectivity index (χ1v) is 7.03. The lowest BCUT2D eigenvalue weighted by atomic mass is 10.0. The molecule has 0 spiro atoms. The van der Waals surface area contributed by atoms with E-state index in [9.17, 15) is 4.79 Å². The number of benzene rings is 1. The van der Waals surface area contributed by atoms with E-state index >= 15 is 0 Å². The standard InChI is InChI=1S/C14H19ClN2O3/c1-19-13-5-4-11(15)7-12(13)17-14(18)16-8-10-3-2-6-20-9-10/h4-5,7,10H,2-3,6,8-9H2,1H3,(H2,16,17,18). The molecule has 0 bridgehead atoms. The molecule has 110 valence electrons. The fourth-order valence-electron chi connectivity index (χ4n) is 2.15. The summed E-state index contributed by atoms with van der Waals surface area (Å²) in [5.41, 5.74) is 0.553. The molecule has 1 heterocycles. The lowest BCUT2D eigenvalue weighted by Crippen LogP contribution is -2.35. The highest BCUT2D eigenvalue weighted by Crippen LogP contribution is 2.27. The first-order valence-electron chi connectivity index (χ1n) is 6.65. The van der Waals surface area contributed by atoms with E-state index in [-0.39, 0.29) is 6.03 Å². The molecule has 2 N–H and O–H groups in total. The van der Waals surface area contributed by atoms with Gasteiger partial charge in [0.05, 0.1) is 19.4 Å². The maximum atomic E-state index is 11.9. The van der Waals surface area contributed by atoms with Gasteiger partial charge in [-0.25, -0.2) is 4.79 Å². The third-order valence-corrected chi connectivity index (χ3v) is 3.45. The topological polar surface area (TPSA) is 59.6 Å². The molecule has 0 radical (unpaired) electrons. The lowest BCUT2D eigenvalue weighted by molar-refractivity contribution is 0.0559. The number of methoxy groups -OCH3 is 1. The number of carbonyl (C=O) groups excluding carboxylic acids is 1. The Morgan fingerprint density at radius 2 is 2.40 bits per heavy atom. The molecule has 20 heavy (non-hydrogen) atoms. The number of urea groups is 1. The largest absolute Gasteiger partial charge is 0.495 e. The van der Waals surface area contributed by atoms with Gasteiger partial charge in [0, 0.05) is 18.2 Å². The summed E-state index contributed by atoms with van der Waals surface area (Å²) in [6, 6.07) is 4.82. The van der Waals surface area contributed by atoms with Crippen molar-refractivity contribution >= 4 is 23.3 Å². The molecule has 1 aliphatic heterocycles. The Morgan fingerprint density at radius 3 is 3.10 bits per heavy atom.